The minimum Gasteiger partial charge on any atom is -0.462 e. The molecule has 0 atom stereocenters. The Hall–Kier alpha value is -3.66. The van der Waals surface area contributed by atoms with Crippen LogP contribution < -0.4 is 11.1 Å². The molecule has 0 spiro atoms. The number of amides is 1. The molecule has 0 saturated carbocycles. The van der Waals surface area contributed by atoms with E-state index >= 15 is 0 Å². The van der Waals surface area contributed by atoms with Crippen LogP contribution in [0.1, 0.15) is 27.7 Å². The molecule has 1 aliphatic rings. The number of piperazine rings is 1. The van der Waals surface area contributed by atoms with Crippen molar-refractivity contribution in [2.45, 2.75) is 19.7 Å². The van der Waals surface area contributed by atoms with E-state index in [0.717, 1.165) is 61.9 Å². The summed E-state index contributed by atoms with van der Waals surface area (Å²) in [6.45, 7) is 6.32. The summed E-state index contributed by atoms with van der Waals surface area (Å²) in [5, 5.41) is 12.3. The van der Waals surface area contributed by atoms with E-state index in [-0.39, 0.29) is 12.5 Å². The largest absolute Gasteiger partial charge is 0.462 e. The Labute approximate surface area is 210 Å². The Bertz CT molecular complexity index is 1320. The molecule has 3 heterocycles. The van der Waals surface area contributed by atoms with E-state index in [1.807, 2.05) is 42.5 Å². The van der Waals surface area contributed by atoms with Crippen molar-refractivity contribution >= 4 is 22.6 Å². The molecule has 9 nitrogen and oxygen atoms in total. The number of para-hydroxylation sites is 3. The highest BCUT2D eigenvalue weighted by Crippen LogP contribution is 2.21. The maximum atomic E-state index is 12.4. The molecule has 9 heteroatoms. The standard InChI is InChI=1S/C27H32N6O3/c28-23-6-2-1-5-22(23)27(35)29-11-12-31-13-15-32(16-14-31)18-26-30-24-7-3-4-8-25(24)33(26)17-20-9-10-21(19-34)36-20/h1-10,34H,11-19,28H2,(H,29,35). The van der Waals surface area contributed by atoms with Crippen LogP contribution in [0.4, 0.5) is 5.69 Å². The van der Waals surface area contributed by atoms with E-state index in [4.69, 9.17) is 15.1 Å². The molecule has 188 valence electrons. The van der Waals surface area contributed by atoms with Crippen molar-refractivity contribution in [2.24, 2.45) is 0 Å². The molecular formula is C27H32N6O3. The Morgan fingerprint density at radius 3 is 2.44 bits per heavy atom. The molecule has 0 radical (unpaired) electrons. The SMILES string of the molecule is Nc1ccccc1C(=O)NCCN1CCN(Cc2nc3ccccc3n2Cc2ccc(CO)o2)CC1. The van der Waals surface area contributed by atoms with Gasteiger partial charge in [-0.2, -0.15) is 0 Å². The number of anilines is 1. The molecule has 1 saturated heterocycles. The second-order valence-corrected chi connectivity index (χ2v) is 9.09. The lowest BCUT2D eigenvalue weighted by Gasteiger charge is -2.34. The van der Waals surface area contributed by atoms with Gasteiger partial charge >= 0.3 is 0 Å². The van der Waals surface area contributed by atoms with Gasteiger partial charge in [-0.3, -0.25) is 14.6 Å². The first-order valence-electron chi connectivity index (χ1n) is 12.3. The number of nitrogens with two attached hydrogens (primary N) is 1. The predicted molar refractivity (Wildman–Crippen MR) is 138 cm³/mol. The number of imidazole rings is 1. The number of fused-ring (bicyclic) bond motifs is 1. The molecule has 0 aliphatic carbocycles. The van der Waals surface area contributed by atoms with Crippen LogP contribution in [0.25, 0.3) is 11.0 Å². The zero-order chi connectivity index (χ0) is 24.9. The van der Waals surface area contributed by atoms with Crippen LogP contribution in [0.15, 0.2) is 65.1 Å². The fourth-order valence-corrected chi connectivity index (χ4v) is 4.67. The van der Waals surface area contributed by atoms with Gasteiger partial charge in [0.1, 0.15) is 24.0 Å². The Kier molecular flexibility index (Phi) is 7.31. The fraction of sp³-hybridized carbons (Fsp3) is 0.333. The summed E-state index contributed by atoms with van der Waals surface area (Å²) in [5.74, 6) is 2.23. The molecular weight excluding hydrogens is 456 g/mol. The molecule has 0 bridgehead atoms. The summed E-state index contributed by atoms with van der Waals surface area (Å²) < 4.78 is 7.95. The lowest BCUT2D eigenvalue weighted by Crippen LogP contribution is -2.48. The number of hydrogen-bond acceptors (Lipinski definition) is 7. The van der Waals surface area contributed by atoms with Gasteiger partial charge in [0.15, 0.2) is 0 Å². The van der Waals surface area contributed by atoms with E-state index in [9.17, 15) is 9.90 Å². The molecule has 4 N–H and O–H groups in total. The molecule has 4 aromatic rings. The fourth-order valence-electron chi connectivity index (χ4n) is 4.67. The summed E-state index contributed by atoms with van der Waals surface area (Å²) in [6, 6.07) is 19.0. The lowest BCUT2D eigenvalue weighted by molar-refractivity contribution is 0.0933. The van der Waals surface area contributed by atoms with Crippen LogP contribution in [0.5, 0.6) is 0 Å². The van der Waals surface area contributed by atoms with Gasteiger partial charge in [-0.15, -0.1) is 0 Å². The minimum atomic E-state index is -0.131. The number of carbonyl (C=O) groups excluding carboxylic acids is 1. The van der Waals surface area contributed by atoms with Crippen molar-refractivity contribution in [1.29, 1.82) is 0 Å². The van der Waals surface area contributed by atoms with Gasteiger partial charge in [0.05, 0.1) is 29.7 Å². The second kappa shape index (κ2) is 10.9. The quantitative estimate of drug-likeness (QED) is 0.310. The Morgan fingerprint density at radius 1 is 0.944 bits per heavy atom. The Morgan fingerprint density at radius 2 is 1.67 bits per heavy atom. The monoisotopic (exact) mass is 488 g/mol. The van der Waals surface area contributed by atoms with Crippen molar-refractivity contribution in [3.05, 3.63) is 83.6 Å². The van der Waals surface area contributed by atoms with Crippen molar-refractivity contribution in [1.82, 2.24) is 24.7 Å². The predicted octanol–water partition coefficient (Wildman–Crippen LogP) is 2.30. The minimum absolute atomic E-state index is 0.105. The van der Waals surface area contributed by atoms with E-state index in [0.29, 0.717) is 30.1 Å². The maximum Gasteiger partial charge on any atom is 0.253 e. The molecule has 1 aliphatic heterocycles. The van der Waals surface area contributed by atoms with Crippen LogP contribution in [0.2, 0.25) is 0 Å². The number of nitrogens with one attached hydrogen (secondary N) is 1. The summed E-state index contributed by atoms with van der Waals surface area (Å²) in [5.41, 5.74) is 8.96. The zero-order valence-electron chi connectivity index (χ0n) is 20.3. The van der Waals surface area contributed by atoms with Gasteiger partial charge < -0.3 is 25.1 Å². The smallest absolute Gasteiger partial charge is 0.253 e. The molecule has 0 unspecified atom stereocenters. The average molecular weight is 489 g/mol. The maximum absolute atomic E-state index is 12.4. The number of aliphatic hydroxyl groups excluding tert-OH is 1. The number of hydrogen-bond donors (Lipinski definition) is 3. The number of aromatic nitrogens is 2. The number of furan rings is 1. The second-order valence-electron chi connectivity index (χ2n) is 9.09. The normalized spacial score (nSPS) is 14.9. The van der Waals surface area contributed by atoms with E-state index in [1.54, 1.807) is 12.1 Å². The first-order valence-corrected chi connectivity index (χ1v) is 12.3. The first-order chi connectivity index (χ1) is 17.6. The molecule has 2 aromatic carbocycles. The molecule has 5 rings (SSSR count). The van der Waals surface area contributed by atoms with Gasteiger partial charge in [-0.05, 0) is 36.4 Å². The molecule has 36 heavy (non-hydrogen) atoms. The third-order valence-electron chi connectivity index (χ3n) is 6.67. The molecule has 2 aromatic heterocycles. The van der Waals surface area contributed by atoms with Gasteiger partial charge in [-0.1, -0.05) is 24.3 Å². The number of rotatable bonds is 9. The van der Waals surface area contributed by atoms with Crippen molar-refractivity contribution in [3.8, 4) is 0 Å². The number of carbonyl (C=O) groups is 1. The van der Waals surface area contributed by atoms with Crippen LogP contribution in [0, 0.1) is 0 Å². The number of nitrogen functional groups attached to an aromatic ring is 1. The van der Waals surface area contributed by atoms with Gasteiger partial charge in [0.25, 0.3) is 5.91 Å². The number of benzene rings is 2. The van der Waals surface area contributed by atoms with Crippen LogP contribution in [-0.4, -0.2) is 69.6 Å². The lowest BCUT2D eigenvalue weighted by atomic mass is 10.1. The van der Waals surface area contributed by atoms with Crippen LogP contribution >= 0.6 is 0 Å². The number of nitrogens with zero attached hydrogens (tertiary/aromatic N) is 4. The van der Waals surface area contributed by atoms with Crippen LogP contribution in [0.3, 0.4) is 0 Å². The third kappa shape index (κ3) is 5.43. The third-order valence-corrected chi connectivity index (χ3v) is 6.67. The number of aliphatic hydroxyl groups is 1. The van der Waals surface area contributed by atoms with Crippen molar-refractivity contribution in [3.63, 3.8) is 0 Å². The van der Waals surface area contributed by atoms with Gasteiger partial charge in [-0.25, -0.2) is 4.98 Å². The summed E-state index contributed by atoms with van der Waals surface area (Å²) in [6.07, 6.45) is 0. The molecule has 1 fully saturated rings. The topological polar surface area (TPSA) is 113 Å². The van der Waals surface area contributed by atoms with Gasteiger partial charge in [0, 0.05) is 45.0 Å². The van der Waals surface area contributed by atoms with Crippen LogP contribution in [-0.2, 0) is 19.7 Å². The highest BCUT2D eigenvalue weighted by atomic mass is 16.4. The highest BCUT2D eigenvalue weighted by Gasteiger charge is 2.20. The van der Waals surface area contributed by atoms with E-state index < -0.39 is 0 Å². The highest BCUT2D eigenvalue weighted by molar-refractivity contribution is 5.99. The van der Waals surface area contributed by atoms with E-state index in [2.05, 4.69) is 25.8 Å². The zero-order valence-corrected chi connectivity index (χ0v) is 20.3. The van der Waals surface area contributed by atoms with Gasteiger partial charge in [0.2, 0.25) is 0 Å². The summed E-state index contributed by atoms with van der Waals surface area (Å²) in [7, 11) is 0. The van der Waals surface area contributed by atoms with Crippen molar-refractivity contribution in [2.75, 3.05) is 45.0 Å². The first kappa shape index (κ1) is 24.1. The summed E-state index contributed by atoms with van der Waals surface area (Å²) in [4.78, 5) is 22.1. The average Bonchev–Trinajstić information content (AvgIpc) is 3.50. The molecule has 1 amide bonds. The Balaban J connectivity index is 1.16. The summed E-state index contributed by atoms with van der Waals surface area (Å²) >= 11 is 0. The van der Waals surface area contributed by atoms with Crippen molar-refractivity contribution < 1.29 is 14.3 Å². The van der Waals surface area contributed by atoms with E-state index in [1.165, 1.54) is 0 Å².